The van der Waals surface area contributed by atoms with Crippen LogP contribution in [0.25, 0.3) is 10.8 Å². The van der Waals surface area contributed by atoms with Crippen LogP contribution in [0.3, 0.4) is 0 Å². The number of hydrogen-bond acceptors (Lipinski definition) is 4. The molecule has 4 heteroatoms. The minimum Gasteiger partial charge on any atom is -0.496 e. The largest absolute Gasteiger partial charge is 0.496 e. The molecule has 2 aromatic carbocycles. The van der Waals surface area contributed by atoms with Gasteiger partial charge < -0.3 is 15.2 Å². The van der Waals surface area contributed by atoms with Crippen molar-refractivity contribution in [3.63, 3.8) is 0 Å². The highest BCUT2D eigenvalue weighted by Gasteiger charge is 2.19. The maximum atomic E-state index is 11.5. The summed E-state index contributed by atoms with van der Waals surface area (Å²) in [5.74, 6) is 0.303. The van der Waals surface area contributed by atoms with Crippen molar-refractivity contribution >= 4 is 16.7 Å². The molecule has 0 bridgehead atoms. The Hall–Kier alpha value is -2.07. The Labute approximate surface area is 105 Å². The molecule has 0 aliphatic rings. The molecule has 0 spiro atoms. The van der Waals surface area contributed by atoms with Crippen LogP contribution < -0.4 is 10.5 Å². The molecule has 4 nitrogen and oxygen atoms in total. The summed E-state index contributed by atoms with van der Waals surface area (Å²) in [4.78, 5) is 11.5. The van der Waals surface area contributed by atoms with Gasteiger partial charge in [-0.1, -0.05) is 30.3 Å². The number of rotatable bonds is 3. The molecule has 2 N–H and O–H groups in total. The van der Waals surface area contributed by atoms with Crippen molar-refractivity contribution in [1.29, 1.82) is 0 Å². The van der Waals surface area contributed by atoms with Crippen LogP contribution in [0.1, 0.15) is 11.6 Å². The molecule has 0 fully saturated rings. The van der Waals surface area contributed by atoms with Crippen molar-refractivity contribution in [3.05, 3.63) is 42.0 Å². The van der Waals surface area contributed by atoms with Gasteiger partial charge in [0.05, 0.1) is 14.2 Å². The third kappa shape index (κ3) is 2.02. The molecule has 0 amide bonds. The molecule has 0 saturated carbocycles. The number of carbonyl (C=O) groups is 1. The van der Waals surface area contributed by atoms with Gasteiger partial charge >= 0.3 is 5.97 Å². The number of esters is 1. The van der Waals surface area contributed by atoms with Gasteiger partial charge in [-0.05, 0) is 17.0 Å². The van der Waals surface area contributed by atoms with Gasteiger partial charge in [-0.15, -0.1) is 0 Å². The van der Waals surface area contributed by atoms with E-state index in [-0.39, 0.29) is 0 Å². The molecular weight excluding hydrogens is 230 g/mol. The summed E-state index contributed by atoms with van der Waals surface area (Å²) in [5.41, 5.74) is 6.63. The van der Waals surface area contributed by atoms with E-state index in [0.717, 1.165) is 22.1 Å². The summed E-state index contributed by atoms with van der Waals surface area (Å²) < 4.78 is 9.97. The highest BCUT2D eigenvalue weighted by molar-refractivity contribution is 5.94. The van der Waals surface area contributed by atoms with E-state index in [9.17, 15) is 4.79 Å². The molecule has 0 heterocycles. The van der Waals surface area contributed by atoms with Crippen LogP contribution in [0.2, 0.25) is 0 Å². The summed E-state index contributed by atoms with van der Waals surface area (Å²) in [6.45, 7) is 0. The molecule has 94 valence electrons. The summed E-state index contributed by atoms with van der Waals surface area (Å²) in [6.07, 6.45) is 0. The zero-order valence-electron chi connectivity index (χ0n) is 10.3. The molecule has 0 saturated heterocycles. The van der Waals surface area contributed by atoms with Crippen LogP contribution in [0, 0.1) is 0 Å². The SMILES string of the molecule is COC(=O)C(N)c1ccc(OC)c2ccccc12. The lowest BCUT2D eigenvalue weighted by molar-refractivity contribution is -0.142. The second-order valence-corrected chi connectivity index (χ2v) is 3.90. The highest BCUT2D eigenvalue weighted by atomic mass is 16.5. The summed E-state index contributed by atoms with van der Waals surface area (Å²) in [7, 11) is 2.94. The number of ether oxygens (including phenoxy) is 2. The fraction of sp³-hybridized carbons (Fsp3) is 0.214. The van der Waals surface area contributed by atoms with Crippen molar-refractivity contribution in [1.82, 2.24) is 0 Å². The van der Waals surface area contributed by atoms with Gasteiger partial charge in [-0.25, -0.2) is 0 Å². The molecule has 0 radical (unpaired) electrons. The van der Waals surface area contributed by atoms with Gasteiger partial charge in [0.15, 0.2) is 0 Å². The minimum absolute atomic E-state index is 0.453. The first kappa shape index (κ1) is 12.4. The summed E-state index contributed by atoms with van der Waals surface area (Å²) in [6, 6.07) is 10.5. The highest BCUT2D eigenvalue weighted by Crippen LogP contribution is 2.31. The first-order valence-corrected chi connectivity index (χ1v) is 5.58. The van der Waals surface area contributed by atoms with Gasteiger partial charge in [-0.3, -0.25) is 4.79 Å². The van der Waals surface area contributed by atoms with E-state index < -0.39 is 12.0 Å². The van der Waals surface area contributed by atoms with Crippen molar-refractivity contribution in [2.24, 2.45) is 5.73 Å². The van der Waals surface area contributed by atoms with E-state index >= 15 is 0 Å². The Morgan fingerprint density at radius 1 is 1.11 bits per heavy atom. The molecule has 2 rings (SSSR count). The van der Waals surface area contributed by atoms with Crippen molar-refractivity contribution in [3.8, 4) is 5.75 Å². The van der Waals surface area contributed by atoms with Crippen molar-refractivity contribution < 1.29 is 14.3 Å². The monoisotopic (exact) mass is 245 g/mol. The molecule has 1 unspecified atom stereocenters. The molecule has 0 aromatic heterocycles. The van der Waals surface area contributed by atoms with Crippen LogP contribution in [0.15, 0.2) is 36.4 Å². The van der Waals surface area contributed by atoms with E-state index in [4.69, 9.17) is 10.5 Å². The quantitative estimate of drug-likeness (QED) is 0.840. The lowest BCUT2D eigenvalue weighted by Crippen LogP contribution is -2.22. The average Bonchev–Trinajstić information content (AvgIpc) is 2.44. The number of fused-ring (bicyclic) bond motifs is 1. The second-order valence-electron chi connectivity index (χ2n) is 3.90. The smallest absolute Gasteiger partial charge is 0.327 e. The number of benzene rings is 2. The normalized spacial score (nSPS) is 12.2. The fourth-order valence-corrected chi connectivity index (χ4v) is 2.00. The van der Waals surface area contributed by atoms with E-state index in [2.05, 4.69) is 4.74 Å². The zero-order chi connectivity index (χ0) is 13.1. The number of methoxy groups -OCH3 is 2. The molecule has 0 aliphatic heterocycles. The Morgan fingerprint density at radius 2 is 1.78 bits per heavy atom. The molecule has 0 aliphatic carbocycles. The van der Waals surface area contributed by atoms with E-state index in [1.807, 2.05) is 24.3 Å². The van der Waals surface area contributed by atoms with Crippen LogP contribution in [-0.4, -0.2) is 20.2 Å². The second kappa shape index (κ2) is 5.06. The maximum absolute atomic E-state index is 11.5. The first-order valence-electron chi connectivity index (χ1n) is 5.58. The Balaban J connectivity index is 2.63. The number of carbonyl (C=O) groups excluding carboxylic acids is 1. The van der Waals surface area contributed by atoms with E-state index in [1.165, 1.54) is 7.11 Å². The standard InChI is InChI=1S/C14H15NO3/c1-17-12-8-7-11(13(15)14(16)18-2)9-5-3-4-6-10(9)12/h3-8,13H,15H2,1-2H3. The lowest BCUT2D eigenvalue weighted by Gasteiger charge is -2.14. The Morgan fingerprint density at radius 3 is 2.39 bits per heavy atom. The maximum Gasteiger partial charge on any atom is 0.327 e. The Bertz CT molecular complexity index is 580. The topological polar surface area (TPSA) is 61.5 Å². The zero-order valence-corrected chi connectivity index (χ0v) is 10.3. The third-order valence-electron chi connectivity index (χ3n) is 2.93. The Kier molecular flexibility index (Phi) is 3.48. The predicted octanol–water partition coefficient (Wildman–Crippen LogP) is 2.02. The van der Waals surface area contributed by atoms with Gasteiger partial charge in [0.1, 0.15) is 11.8 Å². The van der Waals surface area contributed by atoms with Gasteiger partial charge in [0, 0.05) is 5.39 Å². The molecule has 18 heavy (non-hydrogen) atoms. The van der Waals surface area contributed by atoms with Gasteiger partial charge in [0.2, 0.25) is 0 Å². The average molecular weight is 245 g/mol. The van der Waals surface area contributed by atoms with Crippen LogP contribution >= 0.6 is 0 Å². The van der Waals surface area contributed by atoms with Crippen LogP contribution in [-0.2, 0) is 9.53 Å². The minimum atomic E-state index is -0.786. The van der Waals surface area contributed by atoms with Gasteiger partial charge in [0.25, 0.3) is 0 Å². The number of hydrogen-bond donors (Lipinski definition) is 1. The van der Waals surface area contributed by atoms with E-state index in [1.54, 1.807) is 19.2 Å². The summed E-state index contributed by atoms with van der Waals surface area (Å²) in [5, 5.41) is 1.83. The van der Waals surface area contributed by atoms with Gasteiger partial charge in [-0.2, -0.15) is 0 Å². The van der Waals surface area contributed by atoms with E-state index in [0.29, 0.717) is 0 Å². The van der Waals surface area contributed by atoms with Crippen LogP contribution in [0.4, 0.5) is 0 Å². The number of nitrogens with two attached hydrogens (primary N) is 1. The van der Waals surface area contributed by atoms with Crippen molar-refractivity contribution in [2.75, 3.05) is 14.2 Å². The molecule has 1 atom stereocenters. The molecular formula is C14H15NO3. The lowest BCUT2D eigenvalue weighted by atomic mass is 9.98. The predicted molar refractivity (Wildman–Crippen MR) is 69.4 cm³/mol. The fourth-order valence-electron chi connectivity index (χ4n) is 2.00. The van der Waals surface area contributed by atoms with Crippen molar-refractivity contribution in [2.45, 2.75) is 6.04 Å². The van der Waals surface area contributed by atoms with Crippen LogP contribution in [0.5, 0.6) is 5.75 Å². The first-order chi connectivity index (χ1) is 8.69. The summed E-state index contributed by atoms with van der Waals surface area (Å²) >= 11 is 0. The molecule has 2 aromatic rings. The third-order valence-corrected chi connectivity index (χ3v) is 2.93.